The van der Waals surface area contributed by atoms with Crippen LogP contribution in [0.5, 0.6) is 0 Å². The SMILES string of the molecule is N#CN(C(=O)O)C1CCCOC1. The molecule has 1 fully saturated rings. The number of carbonyl (C=O) groups is 1. The van der Waals surface area contributed by atoms with Crippen molar-refractivity contribution in [1.29, 1.82) is 5.26 Å². The van der Waals surface area contributed by atoms with Crippen LogP contribution in [0.15, 0.2) is 0 Å². The van der Waals surface area contributed by atoms with Crippen LogP contribution in [0.4, 0.5) is 4.79 Å². The Morgan fingerprint density at radius 3 is 2.92 bits per heavy atom. The Balaban J connectivity index is 2.53. The lowest BCUT2D eigenvalue weighted by Crippen LogP contribution is -2.41. The minimum Gasteiger partial charge on any atom is -0.464 e. The average Bonchev–Trinajstić information content (AvgIpc) is 2.07. The van der Waals surface area contributed by atoms with E-state index >= 15 is 0 Å². The van der Waals surface area contributed by atoms with Gasteiger partial charge < -0.3 is 9.84 Å². The van der Waals surface area contributed by atoms with E-state index < -0.39 is 6.09 Å². The Bertz CT molecular complexity index is 205. The van der Waals surface area contributed by atoms with Crippen molar-refractivity contribution in [2.24, 2.45) is 0 Å². The molecule has 0 spiro atoms. The van der Waals surface area contributed by atoms with Crippen LogP contribution in [-0.4, -0.2) is 35.4 Å². The van der Waals surface area contributed by atoms with Crippen molar-refractivity contribution in [2.45, 2.75) is 18.9 Å². The van der Waals surface area contributed by atoms with Crippen LogP contribution < -0.4 is 0 Å². The summed E-state index contributed by atoms with van der Waals surface area (Å²) < 4.78 is 5.06. The second-order valence-electron chi connectivity index (χ2n) is 2.62. The summed E-state index contributed by atoms with van der Waals surface area (Å²) in [6.07, 6.45) is 1.95. The first-order valence-electron chi connectivity index (χ1n) is 3.75. The number of amides is 1. The van der Waals surface area contributed by atoms with E-state index in [0.29, 0.717) is 19.6 Å². The first-order chi connectivity index (χ1) is 5.75. The summed E-state index contributed by atoms with van der Waals surface area (Å²) in [6.45, 7) is 0.995. The van der Waals surface area contributed by atoms with Gasteiger partial charge in [-0.15, -0.1) is 0 Å². The lowest BCUT2D eigenvalue weighted by molar-refractivity contribution is 0.0384. The summed E-state index contributed by atoms with van der Waals surface area (Å²) in [6, 6.07) is -0.291. The first kappa shape index (κ1) is 8.81. The molecule has 5 nitrogen and oxygen atoms in total. The molecule has 0 aromatic rings. The molecular formula is C7H10N2O3. The molecule has 0 aromatic carbocycles. The monoisotopic (exact) mass is 170 g/mol. The van der Waals surface area contributed by atoms with E-state index in [1.54, 1.807) is 6.19 Å². The summed E-state index contributed by atoms with van der Waals surface area (Å²) >= 11 is 0. The van der Waals surface area contributed by atoms with Gasteiger partial charge in [-0.1, -0.05) is 0 Å². The lowest BCUT2D eigenvalue weighted by Gasteiger charge is -2.26. The number of carboxylic acid groups (broad SMARTS) is 1. The van der Waals surface area contributed by atoms with Crippen LogP contribution in [0.2, 0.25) is 0 Å². The second kappa shape index (κ2) is 3.93. The van der Waals surface area contributed by atoms with E-state index in [9.17, 15) is 4.79 Å². The van der Waals surface area contributed by atoms with E-state index in [1.165, 1.54) is 0 Å². The predicted octanol–water partition coefficient (Wildman–Crippen LogP) is 0.626. The van der Waals surface area contributed by atoms with Crippen LogP contribution >= 0.6 is 0 Å². The molecule has 0 bridgehead atoms. The molecule has 0 radical (unpaired) electrons. The second-order valence-corrected chi connectivity index (χ2v) is 2.62. The van der Waals surface area contributed by atoms with Crippen LogP contribution in [0.25, 0.3) is 0 Å². The molecule has 0 aliphatic carbocycles. The number of rotatable bonds is 1. The highest BCUT2D eigenvalue weighted by atomic mass is 16.5. The van der Waals surface area contributed by atoms with Crippen molar-refractivity contribution in [3.05, 3.63) is 0 Å². The standard InChI is InChI=1S/C7H10N2O3/c8-5-9(7(10)11)6-2-1-3-12-4-6/h6H,1-4H2,(H,10,11). The smallest absolute Gasteiger partial charge is 0.420 e. The third-order valence-electron chi connectivity index (χ3n) is 1.82. The molecule has 1 aliphatic rings. The average molecular weight is 170 g/mol. The van der Waals surface area contributed by atoms with Gasteiger partial charge in [0, 0.05) is 6.61 Å². The molecule has 0 aromatic heterocycles. The van der Waals surface area contributed by atoms with E-state index in [0.717, 1.165) is 11.3 Å². The third-order valence-corrected chi connectivity index (χ3v) is 1.82. The summed E-state index contributed by atoms with van der Waals surface area (Å²) in [5, 5.41) is 17.1. The maximum Gasteiger partial charge on any atom is 0.420 e. The van der Waals surface area contributed by atoms with E-state index in [2.05, 4.69) is 0 Å². The van der Waals surface area contributed by atoms with Crippen molar-refractivity contribution in [3.8, 4) is 6.19 Å². The maximum atomic E-state index is 10.5. The van der Waals surface area contributed by atoms with Crippen molar-refractivity contribution in [2.75, 3.05) is 13.2 Å². The van der Waals surface area contributed by atoms with Crippen molar-refractivity contribution in [3.63, 3.8) is 0 Å². The van der Waals surface area contributed by atoms with Gasteiger partial charge in [-0.05, 0) is 12.8 Å². The number of nitrogens with zero attached hydrogens (tertiary/aromatic N) is 2. The van der Waals surface area contributed by atoms with E-state index in [4.69, 9.17) is 15.1 Å². The zero-order valence-corrected chi connectivity index (χ0v) is 6.56. The van der Waals surface area contributed by atoms with Gasteiger partial charge in [-0.25, -0.2) is 9.69 Å². The highest BCUT2D eigenvalue weighted by molar-refractivity contribution is 5.67. The normalized spacial score (nSPS) is 22.8. The molecule has 1 atom stereocenters. The zero-order chi connectivity index (χ0) is 8.97. The van der Waals surface area contributed by atoms with Gasteiger partial charge >= 0.3 is 6.09 Å². The summed E-state index contributed by atoms with van der Waals surface area (Å²) in [4.78, 5) is 11.2. The molecule has 1 heterocycles. The van der Waals surface area contributed by atoms with Crippen molar-refractivity contribution in [1.82, 2.24) is 4.90 Å². The van der Waals surface area contributed by atoms with Crippen LogP contribution in [0.3, 0.4) is 0 Å². The molecule has 1 aliphatic heterocycles. The van der Waals surface area contributed by atoms with Crippen LogP contribution in [0, 0.1) is 11.5 Å². The Morgan fingerprint density at radius 1 is 1.75 bits per heavy atom. The Labute approximate surface area is 70.1 Å². The van der Waals surface area contributed by atoms with Crippen LogP contribution in [-0.2, 0) is 4.74 Å². The Hall–Kier alpha value is -1.28. The minimum absolute atomic E-state index is 0.291. The van der Waals surface area contributed by atoms with Gasteiger partial charge in [0.1, 0.15) is 0 Å². The highest BCUT2D eigenvalue weighted by Crippen LogP contribution is 2.12. The molecule has 0 saturated carbocycles. The maximum absolute atomic E-state index is 10.5. The molecule has 1 amide bonds. The zero-order valence-electron chi connectivity index (χ0n) is 6.56. The number of hydrogen-bond donors (Lipinski definition) is 1. The number of nitriles is 1. The fraction of sp³-hybridized carbons (Fsp3) is 0.714. The fourth-order valence-electron chi connectivity index (χ4n) is 1.21. The molecule has 12 heavy (non-hydrogen) atoms. The van der Waals surface area contributed by atoms with Gasteiger partial charge in [-0.2, -0.15) is 5.26 Å². The van der Waals surface area contributed by atoms with Gasteiger partial charge in [0.15, 0.2) is 6.19 Å². The largest absolute Gasteiger partial charge is 0.464 e. The fourth-order valence-corrected chi connectivity index (χ4v) is 1.21. The Kier molecular flexibility index (Phi) is 2.88. The first-order valence-corrected chi connectivity index (χ1v) is 3.75. The molecule has 1 saturated heterocycles. The van der Waals surface area contributed by atoms with Crippen molar-refractivity contribution >= 4 is 6.09 Å². The number of ether oxygens (including phenoxy) is 1. The topological polar surface area (TPSA) is 73.6 Å². The molecule has 66 valence electrons. The van der Waals surface area contributed by atoms with E-state index in [-0.39, 0.29) is 6.04 Å². The van der Waals surface area contributed by atoms with Crippen LogP contribution in [0.1, 0.15) is 12.8 Å². The van der Waals surface area contributed by atoms with Gasteiger partial charge in [0.25, 0.3) is 0 Å². The summed E-state index contributed by atoms with van der Waals surface area (Å²) in [5.74, 6) is 0. The predicted molar refractivity (Wildman–Crippen MR) is 39.3 cm³/mol. The quantitative estimate of drug-likeness (QED) is 0.462. The van der Waals surface area contributed by atoms with Gasteiger partial charge in [0.2, 0.25) is 0 Å². The molecule has 1 N–H and O–H groups in total. The third kappa shape index (κ3) is 1.86. The molecular weight excluding hydrogens is 160 g/mol. The summed E-state index contributed by atoms with van der Waals surface area (Å²) in [7, 11) is 0. The number of hydrogen-bond acceptors (Lipinski definition) is 3. The molecule has 1 unspecified atom stereocenters. The molecule has 5 heteroatoms. The van der Waals surface area contributed by atoms with Gasteiger partial charge in [-0.3, -0.25) is 0 Å². The van der Waals surface area contributed by atoms with Gasteiger partial charge in [0.05, 0.1) is 12.6 Å². The van der Waals surface area contributed by atoms with Crippen molar-refractivity contribution < 1.29 is 14.6 Å². The Morgan fingerprint density at radius 2 is 2.50 bits per heavy atom. The highest BCUT2D eigenvalue weighted by Gasteiger charge is 2.25. The minimum atomic E-state index is -1.20. The van der Waals surface area contributed by atoms with E-state index in [1.807, 2.05) is 0 Å². The summed E-state index contributed by atoms with van der Waals surface area (Å²) in [5.41, 5.74) is 0. The lowest BCUT2D eigenvalue weighted by atomic mass is 10.1. The molecule has 1 rings (SSSR count).